The van der Waals surface area contributed by atoms with E-state index in [1.807, 2.05) is 22.7 Å². The van der Waals surface area contributed by atoms with Crippen molar-refractivity contribution in [1.82, 2.24) is 0 Å². The number of para-hydroxylation sites is 1. The summed E-state index contributed by atoms with van der Waals surface area (Å²) in [6, 6.07) is 55.4. The number of hydrogen-bond donors (Lipinski definition) is 0. The summed E-state index contributed by atoms with van der Waals surface area (Å²) in [5.41, 5.74) is 6.03. The number of anilines is 3. The molecule has 1 nitrogen and oxygen atoms in total. The fourth-order valence-corrected chi connectivity index (χ4v) is 8.81. The second-order valence-corrected chi connectivity index (χ2v) is 13.0. The number of nitrogens with zero attached hydrogens (tertiary/aromatic N) is 1. The van der Waals surface area contributed by atoms with Crippen LogP contribution in [0.4, 0.5) is 17.1 Å². The molecule has 0 radical (unpaired) electrons. The van der Waals surface area contributed by atoms with Crippen LogP contribution in [0.5, 0.6) is 0 Å². The molecular weight excluding hydrogens is 559 g/mol. The molecule has 9 aromatic rings. The molecule has 2 aromatic heterocycles. The lowest BCUT2D eigenvalue weighted by Crippen LogP contribution is -2.10. The number of thiophene rings is 2. The van der Waals surface area contributed by atoms with E-state index < -0.39 is 0 Å². The van der Waals surface area contributed by atoms with Gasteiger partial charge in [0.15, 0.2) is 0 Å². The summed E-state index contributed by atoms with van der Waals surface area (Å²) in [6.07, 6.45) is 0. The Kier molecular flexibility index (Phi) is 5.62. The summed E-state index contributed by atoms with van der Waals surface area (Å²) >= 11 is 3.74. The van der Waals surface area contributed by atoms with Crippen molar-refractivity contribution in [3.05, 3.63) is 152 Å². The molecule has 43 heavy (non-hydrogen) atoms. The summed E-state index contributed by atoms with van der Waals surface area (Å²) in [6.45, 7) is 0. The Morgan fingerprint density at radius 3 is 1.81 bits per heavy atom. The highest BCUT2D eigenvalue weighted by Crippen LogP contribution is 2.47. The van der Waals surface area contributed by atoms with Crippen molar-refractivity contribution >= 4 is 90.9 Å². The van der Waals surface area contributed by atoms with Crippen molar-refractivity contribution in [1.29, 1.82) is 0 Å². The molecule has 3 heteroatoms. The lowest BCUT2D eigenvalue weighted by atomic mass is 9.95. The van der Waals surface area contributed by atoms with Gasteiger partial charge in [0, 0.05) is 46.7 Å². The first-order chi connectivity index (χ1) is 21.3. The Bertz CT molecular complexity index is 2470. The van der Waals surface area contributed by atoms with Crippen LogP contribution in [-0.4, -0.2) is 0 Å². The molecule has 9 rings (SSSR count). The van der Waals surface area contributed by atoms with Crippen LogP contribution in [-0.2, 0) is 0 Å². The maximum Gasteiger partial charge on any atom is 0.0640 e. The Morgan fingerprint density at radius 2 is 1.00 bits per heavy atom. The van der Waals surface area contributed by atoms with E-state index >= 15 is 0 Å². The van der Waals surface area contributed by atoms with E-state index in [2.05, 4.69) is 157 Å². The molecule has 0 atom stereocenters. The number of benzene rings is 7. The maximum absolute atomic E-state index is 2.44. The van der Waals surface area contributed by atoms with E-state index in [-0.39, 0.29) is 0 Å². The maximum atomic E-state index is 2.44. The average molecular weight is 584 g/mol. The Hall–Kier alpha value is -4.96. The van der Waals surface area contributed by atoms with Crippen molar-refractivity contribution in [2.24, 2.45) is 0 Å². The molecule has 0 aliphatic carbocycles. The fraction of sp³-hybridized carbons (Fsp3) is 0. The highest BCUT2D eigenvalue weighted by Gasteiger charge is 2.20. The van der Waals surface area contributed by atoms with Crippen molar-refractivity contribution in [2.75, 3.05) is 4.90 Å². The molecule has 7 aromatic carbocycles. The predicted octanol–water partition coefficient (Wildman–Crippen LogP) is 12.7. The van der Waals surface area contributed by atoms with Crippen molar-refractivity contribution in [3.63, 3.8) is 0 Å². The number of rotatable bonds is 4. The lowest BCUT2D eigenvalue weighted by molar-refractivity contribution is 1.32. The Balaban J connectivity index is 1.29. The molecule has 0 amide bonds. The first kappa shape index (κ1) is 24.6. The topological polar surface area (TPSA) is 3.24 Å². The van der Waals surface area contributed by atoms with E-state index in [9.17, 15) is 0 Å². The fourth-order valence-electron chi connectivity index (χ4n) is 6.52. The van der Waals surface area contributed by atoms with Gasteiger partial charge in [-0.25, -0.2) is 0 Å². The molecule has 0 saturated heterocycles. The van der Waals surface area contributed by atoms with E-state index in [4.69, 9.17) is 0 Å². The van der Waals surface area contributed by atoms with Gasteiger partial charge in [0.05, 0.1) is 16.1 Å². The van der Waals surface area contributed by atoms with Gasteiger partial charge in [-0.2, -0.15) is 0 Å². The summed E-state index contributed by atoms with van der Waals surface area (Å²) in [7, 11) is 0. The van der Waals surface area contributed by atoms with E-state index in [0.717, 1.165) is 5.69 Å². The van der Waals surface area contributed by atoms with Gasteiger partial charge in [0.1, 0.15) is 0 Å². The van der Waals surface area contributed by atoms with E-state index in [1.54, 1.807) is 0 Å². The second kappa shape index (κ2) is 9.81. The lowest BCUT2D eigenvalue weighted by Gasteiger charge is -2.28. The quantitative estimate of drug-likeness (QED) is 0.199. The van der Waals surface area contributed by atoms with Crippen LogP contribution in [0.3, 0.4) is 0 Å². The van der Waals surface area contributed by atoms with Gasteiger partial charge < -0.3 is 4.90 Å². The van der Waals surface area contributed by atoms with Crippen molar-refractivity contribution in [2.45, 2.75) is 0 Å². The van der Waals surface area contributed by atoms with Crippen LogP contribution < -0.4 is 4.90 Å². The molecule has 0 unspecified atom stereocenters. The predicted molar refractivity (Wildman–Crippen MR) is 190 cm³/mol. The molecule has 0 spiro atoms. The average Bonchev–Trinajstić information content (AvgIpc) is 3.64. The second-order valence-electron chi connectivity index (χ2n) is 10.9. The van der Waals surface area contributed by atoms with Crippen LogP contribution in [0.1, 0.15) is 0 Å². The van der Waals surface area contributed by atoms with Crippen molar-refractivity contribution < 1.29 is 0 Å². The monoisotopic (exact) mass is 583 g/mol. The third-order valence-electron chi connectivity index (χ3n) is 8.47. The molecule has 0 saturated carbocycles. The minimum atomic E-state index is 1.15. The van der Waals surface area contributed by atoms with Crippen LogP contribution in [0.15, 0.2) is 152 Å². The van der Waals surface area contributed by atoms with Gasteiger partial charge in [-0.3, -0.25) is 0 Å². The number of hydrogen-bond acceptors (Lipinski definition) is 3. The highest BCUT2D eigenvalue weighted by atomic mass is 32.1. The van der Waals surface area contributed by atoms with Gasteiger partial charge in [-0.15, -0.1) is 22.7 Å². The zero-order valence-electron chi connectivity index (χ0n) is 23.2. The summed E-state index contributed by atoms with van der Waals surface area (Å²) in [5.74, 6) is 0. The smallest absolute Gasteiger partial charge is 0.0640 e. The molecule has 2 heterocycles. The standard InChI is InChI=1S/C40H25NS2/c1-2-11-27(12-3-1)41(36-18-10-17-33-31-15-6-9-20-38(31)43-40(33)36)35-23-22-28(29-13-4-5-14-30(29)35)26-21-24-39-34(25-26)32-16-7-8-19-37(32)42-39/h1-25H. The summed E-state index contributed by atoms with van der Waals surface area (Å²) in [5, 5.41) is 7.76. The molecule has 0 N–H and O–H groups in total. The van der Waals surface area contributed by atoms with Gasteiger partial charge >= 0.3 is 0 Å². The SMILES string of the molecule is c1ccc(N(c2ccc(-c3ccc4sc5ccccc5c4c3)c3ccccc23)c2cccc3c2sc2ccccc23)cc1. The molecular formula is C40H25NS2. The largest absolute Gasteiger partial charge is 0.308 e. The molecule has 0 fully saturated rings. The van der Waals surface area contributed by atoms with Crippen LogP contribution in [0, 0.1) is 0 Å². The van der Waals surface area contributed by atoms with E-state index in [0.29, 0.717) is 0 Å². The molecule has 0 aliphatic heterocycles. The van der Waals surface area contributed by atoms with E-state index in [1.165, 1.54) is 73.6 Å². The normalized spacial score (nSPS) is 11.7. The van der Waals surface area contributed by atoms with Crippen LogP contribution in [0.2, 0.25) is 0 Å². The van der Waals surface area contributed by atoms with Gasteiger partial charge in [0.25, 0.3) is 0 Å². The van der Waals surface area contributed by atoms with Gasteiger partial charge in [0.2, 0.25) is 0 Å². The zero-order valence-corrected chi connectivity index (χ0v) is 24.8. The third-order valence-corrected chi connectivity index (χ3v) is 10.8. The van der Waals surface area contributed by atoms with Crippen molar-refractivity contribution in [3.8, 4) is 11.1 Å². The van der Waals surface area contributed by atoms with Gasteiger partial charge in [-0.1, -0.05) is 103 Å². The van der Waals surface area contributed by atoms with Crippen LogP contribution in [0.25, 0.3) is 62.2 Å². The number of fused-ring (bicyclic) bond motifs is 7. The summed E-state index contributed by atoms with van der Waals surface area (Å²) < 4.78 is 5.28. The molecule has 202 valence electrons. The summed E-state index contributed by atoms with van der Waals surface area (Å²) in [4.78, 5) is 2.44. The Morgan fingerprint density at radius 1 is 0.372 bits per heavy atom. The molecule has 0 bridgehead atoms. The third kappa shape index (κ3) is 3.90. The zero-order chi connectivity index (χ0) is 28.3. The minimum Gasteiger partial charge on any atom is -0.308 e. The molecule has 0 aliphatic rings. The highest BCUT2D eigenvalue weighted by molar-refractivity contribution is 7.26. The first-order valence-electron chi connectivity index (χ1n) is 14.5. The van der Waals surface area contributed by atoms with Crippen LogP contribution >= 0.6 is 22.7 Å². The minimum absolute atomic E-state index is 1.15. The van der Waals surface area contributed by atoms with Gasteiger partial charge in [-0.05, 0) is 65.0 Å². The Labute approximate surface area is 257 Å². The first-order valence-corrected chi connectivity index (χ1v) is 16.2.